The maximum absolute atomic E-state index is 13.4. The molecule has 2 amide bonds. The molecule has 3 aromatic rings. The lowest BCUT2D eigenvalue weighted by molar-refractivity contribution is -0.140. The topological polar surface area (TPSA) is 109 Å². The van der Waals surface area contributed by atoms with E-state index in [1.54, 1.807) is 37.3 Å². The molecule has 10 heteroatoms. The number of benzene rings is 2. The van der Waals surface area contributed by atoms with Gasteiger partial charge in [0.25, 0.3) is 0 Å². The number of nitrogens with zero attached hydrogens (tertiary/aromatic N) is 1. The Kier molecular flexibility index (Phi) is 8.55. The van der Waals surface area contributed by atoms with E-state index in [0.717, 1.165) is 0 Å². The summed E-state index contributed by atoms with van der Waals surface area (Å²) < 4.78 is 46.0. The first-order valence-electron chi connectivity index (χ1n) is 10.7. The fraction of sp³-hybridized carbons (Fsp3) is 0.250. The smallest absolute Gasteiger partial charge is 0.243 e. The van der Waals surface area contributed by atoms with E-state index in [1.165, 1.54) is 47.6 Å². The third kappa shape index (κ3) is 6.75. The zero-order valence-corrected chi connectivity index (χ0v) is 19.4. The van der Waals surface area contributed by atoms with Crippen molar-refractivity contribution in [1.29, 1.82) is 0 Å². The first-order chi connectivity index (χ1) is 16.3. The second kappa shape index (κ2) is 11.6. The quantitative estimate of drug-likeness (QED) is 0.432. The first-order valence-corrected chi connectivity index (χ1v) is 12.2. The molecule has 1 heterocycles. The summed E-state index contributed by atoms with van der Waals surface area (Å²) in [7, 11) is -3.92. The van der Waals surface area contributed by atoms with Crippen LogP contribution in [0.25, 0.3) is 0 Å². The van der Waals surface area contributed by atoms with Gasteiger partial charge in [0.1, 0.15) is 17.6 Å². The molecule has 1 aromatic heterocycles. The fourth-order valence-corrected chi connectivity index (χ4v) is 4.35. The Morgan fingerprint density at radius 2 is 1.74 bits per heavy atom. The van der Waals surface area contributed by atoms with Crippen molar-refractivity contribution in [3.05, 3.63) is 90.1 Å². The molecule has 2 aromatic carbocycles. The van der Waals surface area contributed by atoms with E-state index in [1.807, 2.05) is 0 Å². The molecule has 180 valence electrons. The van der Waals surface area contributed by atoms with Crippen LogP contribution in [0.1, 0.15) is 24.7 Å². The van der Waals surface area contributed by atoms with Crippen LogP contribution >= 0.6 is 0 Å². The summed E-state index contributed by atoms with van der Waals surface area (Å²) in [6.07, 6.45) is 1.77. The zero-order valence-electron chi connectivity index (χ0n) is 18.6. The minimum atomic E-state index is -3.92. The second-order valence-electron chi connectivity index (χ2n) is 7.51. The van der Waals surface area contributed by atoms with Crippen molar-refractivity contribution in [2.75, 3.05) is 6.54 Å². The third-order valence-electron chi connectivity index (χ3n) is 5.14. The van der Waals surface area contributed by atoms with Crippen LogP contribution in [0.15, 0.2) is 82.3 Å². The highest BCUT2D eigenvalue weighted by molar-refractivity contribution is 7.89. The van der Waals surface area contributed by atoms with Crippen LogP contribution in [0.4, 0.5) is 4.39 Å². The zero-order chi connectivity index (χ0) is 24.6. The molecule has 0 unspecified atom stereocenters. The molecule has 1 atom stereocenters. The normalized spacial score (nSPS) is 12.2. The summed E-state index contributed by atoms with van der Waals surface area (Å²) >= 11 is 0. The molecule has 0 spiro atoms. The Bertz CT molecular complexity index is 1180. The lowest BCUT2D eigenvalue weighted by Crippen LogP contribution is -2.51. The lowest BCUT2D eigenvalue weighted by Gasteiger charge is -2.30. The molecule has 0 saturated carbocycles. The molecule has 0 aliphatic carbocycles. The minimum absolute atomic E-state index is 0.00113. The van der Waals surface area contributed by atoms with Crippen LogP contribution < -0.4 is 10.0 Å². The minimum Gasteiger partial charge on any atom is -0.467 e. The van der Waals surface area contributed by atoms with Crippen molar-refractivity contribution < 1.29 is 26.8 Å². The van der Waals surface area contributed by atoms with Crippen LogP contribution in [0.5, 0.6) is 0 Å². The van der Waals surface area contributed by atoms with E-state index in [2.05, 4.69) is 10.0 Å². The van der Waals surface area contributed by atoms with E-state index < -0.39 is 40.2 Å². The number of furan rings is 1. The number of amides is 2. The lowest BCUT2D eigenvalue weighted by atomic mass is 10.1. The standard InChI is InChI=1S/C24H26FN3O5S/c1-2-22(24(30)26-15-20-7-6-14-33-20)28(17-18-10-12-19(25)13-11-18)23(29)16-27-34(31,32)21-8-4-3-5-9-21/h3-14,22,27H,2,15-17H2,1H3,(H,26,30)/t22-/m0/s1. The van der Waals surface area contributed by atoms with Gasteiger partial charge >= 0.3 is 0 Å². The molecule has 0 saturated heterocycles. The average Bonchev–Trinajstić information content (AvgIpc) is 3.37. The highest BCUT2D eigenvalue weighted by Crippen LogP contribution is 2.14. The van der Waals surface area contributed by atoms with E-state index in [4.69, 9.17) is 4.42 Å². The van der Waals surface area contributed by atoms with Gasteiger partial charge in [-0.2, -0.15) is 0 Å². The molecule has 0 radical (unpaired) electrons. The Labute approximate surface area is 197 Å². The highest BCUT2D eigenvalue weighted by Gasteiger charge is 2.29. The predicted octanol–water partition coefficient (Wildman–Crippen LogP) is 2.82. The number of sulfonamides is 1. The van der Waals surface area contributed by atoms with Gasteiger partial charge in [0.2, 0.25) is 21.8 Å². The third-order valence-corrected chi connectivity index (χ3v) is 6.55. The van der Waals surface area contributed by atoms with Crippen LogP contribution in [0.2, 0.25) is 0 Å². The molecule has 3 rings (SSSR count). The maximum Gasteiger partial charge on any atom is 0.243 e. The first kappa shape index (κ1) is 25.1. The summed E-state index contributed by atoms with van der Waals surface area (Å²) in [5.74, 6) is -0.889. The van der Waals surface area contributed by atoms with Crippen molar-refractivity contribution in [3.63, 3.8) is 0 Å². The molecule has 8 nitrogen and oxygen atoms in total. The summed E-state index contributed by atoms with van der Waals surface area (Å²) in [6.45, 7) is 1.34. The Balaban J connectivity index is 1.77. The van der Waals surface area contributed by atoms with Gasteiger partial charge in [-0.15, -0.1) is 0 Å². The fourth-order valence-electron chi connectivity index (χ4n) is 3.35. The van der Waals surface area contributed by atoms with E-state index in [9.17, 15) is 22.4 Å². The molecule has 0 fully saturated rings. The number of rotatable bonds is 11. The van der Waals surface area contributed by atoms with Gasteiger partial charge in [0.05, 0.1) is 24.2 Å². The molecule has 2 N–H and O–H groups in total. The summed E-state index contributed by atoms with van der Waals surface area (Å²) in [5.41, 5.74) is 0.595. The molecular formula is C24H26FN3O5S. The summed E-state index contributed by atoms with van der Waals surface area (Å²) in [5, 5.41) is 2.74. The van der Waals surface area contributed by atoms with Gasteiger partial charge in [0, 0.05) is 6.54 Å². The van der Waals surface area contributed by atoms with Gasteiger partial charge in [-0.1, -0.05) is 37.3 Å². The second-order valence-corrected chi connectivity index (χ2v) is 9.27. The van der Waals surface area contributed by atoms with Crippen molar-refractivity contribution in [3.8, 4) is 0 Å². The van der Waals surface area contributed by atoms with Gasteiger partial charge in [0.15, 0.2) is 0 Å². The van der Waals surface area contributed by atoms with Gasteiger partial charge in [-0.25, -0.2) is 17.5 Å². The van der Waals surface area contributed by atoms with Crippen LogP contribution in [-0.2, 0) is 32.7 Å². The Morgan fingerprint density at radius 1 is 1.03 bits per heavy atom. The van der Waals surface area contributed by atoms with E-state index in [0.29, 0.717) is 11.3 Å². The monoisotopic (exact) mass is 487 g/mol. The molecule has 0 bridgehead atoms. The van der Waals surface area contributed by atoms with Crippen molar-refractivity contribution in [2.24, 2.45) is 0 Å². The number of carbonyl (C=O) groups excluding carboxylic acids is 2. The molecule has 0 aliphatic heterocycles. The largest absolute Gasteiger partial charge is 0.467 e. The number of hydrogen-bond donors (Lipinski definition) is 2. The molecule has 34 heavy (non-hydrogen) atoms. The average molecular weight is 488 g/mol. The summed E-state index contributed by atoms with van der Waals surface area (Å²) in [4.78, 5) is 27.4. The van der Waals surface area contributed by atoms with Crippen LogP contribution in [-0.4, -0.2) is 37.7 Å². The number of halogens is 1. The Hall–Kier alpha value is -3.50. The summed E-state index contributed by atoms with van der Waals surface area (Å²) in [6, 6.07) is 15.7. The maximum atomic E-state index is 13.4. The predicted molar refractivity (Wildman–Crippen MR) is 123 cm³/mol. The van der Waals surface area contributed by atoms with Crippen LogP contribution in [0, 0.1) is 5.82 Å². The van der Waals surface area contributed by atoms with Gasteiger partial charge < -0.3 is 14.6 Å². The van der Waals surface area contributed by atoms with Crippen molar-refractivity contribution >= 4 is 21.8 Å². The van der Waals surface area contributed by atoms with Gasteiger partial charge in [-0.05, 0) is 48.4 Å². The van der Waals surface area contributed by atoms with Crippen molar-refractivity contribution in [1.82, 2.24) is 14.9 Å². The van der Waals surface area contributed by atoms with Crippen LogP contribution in [0.3, 0.4) is 0 Å². The molecular weight excluding hydrogens is 461 g/mol. The van der Waals surface area contributed by atoms with Crippen molar-refractivity contribution in [2.45, 2.75) is 37.4 Å². The number of hydrogen-bond acceptors (Lipinski definition) is 5. The van der Waals surface area contributed by atoms with E-state index in [-0.39, 0.29) is 24.4 Å². The van der Waals surface area contributed by atoms with E-state index >= 15 is 0 Å². The number of nitrogens with one attached hydrogen (secondary N) is 2. The molecule has 0 aliphatic rings. The highest BCUT2D eigenvalue weighted by atomic mass is 32.2. The Morgan fingerprint density at radius 3 is 2.35 bits per heavy atom. The van der Waals surface area contributed by atoms with Gasteiger partial charge in [-0.3, -0.25) is 9.59 Å². The SMILES string of the molecule is CC[C@@H](C(=O)NCc1ccco1)N(Cc1ccc(F)cc1)C(=O)CNS(=O)(=O)c1ccccc1. The number of carbonyl (C=O) groups is 2.